The maximum Gasteiger partial charge on any atom is 0.414 e. The molecule has 0 bridgehead atoms. The van der Waals surface area contributed by atoms with E-state index in [1.54, 1.807) is 41.3 Å². The van der Waals surface area contributed by atoms with Gasteiger partial charge in [0, 0.05) is 23.7 Å². The van der Waals surface area contributed by atoms with Gasteiger partial charge in [0.05, 0.1) is 29.0 Å². The summed E-state index contributed by atoms with van der Waals surface area (Å²) in [6, 6.07) is 10.4. The SMILES string of the molecule is NCO[B][C@@H]1CCN(c2ccc(N3C[C@H](CNC(=O)c4ccc(Cl)s4)OC3=O)cc2)C1=O. The first-order valence-corrected chi connectivity index (χ1v) is 11.2. The lowest BCUT2D eigenvalue weighted by molar-refractivity contribution is -0.117. The molecule has 32 heavy (non-hydrogen) atoms. The van der Waals surface area contributed by atoms with Crippen molar-refractivity contribution in [3.8, 4) is 0 Å². The molecule has 2 aliphatic rings. The minimum atomic E-state index is -0.484. The first-order valence-electron chi connectivity index (χ1n) is 10.0. The fraction of sp³-hybridized carbons (Fsp3) is 0.350. The molecular weight excluding hydrogens is 455 g/mol. The molecule has 2 fully saturated rings. The Morgan fingerprint density at radius 3 is 2.59 bits per heavy atom. The van der Waals surface area contributed by atoms with Crippen molar-refractivity contribution in [2.45, 2.75) is 18.3 Å². The van der Waals surface area contributed by atoms with Crippen LogP contribution in [0.15, 0.2) is 36.4 Å². The van der Waals surface area contributed by atoms with Gasteiger partial charge in [-0.05, 0) is 42.8 Å². The van der Waals surface area contributed by atoms with Crippen LogP contribution in [0.1, 0.15) is 16.1 Å². The molecule has 0 unspecified atom stereocenters. The van der Waals surface area contributed by atoms with E-state index in [-0.39, 0.29) is 30.9 Å². The number of amides is 3. The first kappa shape index (κ1) is 22.6. The average Bonchev–Trinajstić information content (AvgIpc) is 3.49. The smallest absolute Gasteiger partial charge is 0.414 e. The van der Waals surface area contributed by atoms with Gasteiger partial charge in [0.1, 0.15) is 6.10 Å². The van der Waals surface area contributed by atoms with Gasteiger partial charge in [-0.25, -0.2) is 4.79 Å². The molecule has 2 saturated heterocycles. The molecule has 4 rings (SSSR count). The summed E-state index contributed by atoms with van der Waals surface area (Å²) in [5.74, 6) is -0.619. The van der Waals surface area contributed by atoms with Crippen molar-refractivity contribution >= 4 is 59.7 Å². The molecule has 0 saturated carbocycles. The van der Waals surface area contributed by atoms with E-state index in [1.807, 2.05) is 0 Å². The van der Waals surface area contributed by atoms with Gasteiger partial charge in [-0.2, -0.15) is 0 Å². The number of benzene rings is 1. The number of carbonyl (C=O) groups excluding carboxylic acids is 3. The fourth-order valence-electron chi connectivity index (χ4n) is 3.64. The highest BCUT2D eigenvalue weighted by Gasteiger charge is 2.35. The molecule has 2 aliphatic heterocycles. The molecule has 0 aliphatic carbocycles. The predicted octanol–water partition coefficient (Wildman–Crippen LogP) is 2.23. The van der Waals surface area contributed by atoms with E-state index in [0.717, 1.165) is 5.69 Å². The minimum absolute atomic E-state index is 0.0392. The Morgan fingerprint density at radius 1 is 1.22 bits per heavy atom. The van der Waals surface area contributed by atoms with Gasteiger partial charge in [0.15, 0.2) is 0 Å². The van der Waals surface area contributed by atoms with E-state index in [9.17, 15) is 14.4 Å². The molecule has 2 atom stereocenters. The Balaban J connectivity index is 1.32. The van der Waals surface area contributed by atoms with Crippen molar-refractivity contribution in [2.75, 3.05) is 36.2 Å². The van der Waals surface area contributed by atoms with Crippen molar-refractivity contribution in [3.05, 3.63) is 45.6 Å². The molecule has 3 heterocycles. The topological polar surface area (TPSA) is 114 Å². The van der Waals surface area contributed by atoms with Gasteiger partial charge in [0.25, 0.3) is 5.91 Å². The zero-order valence-corrected chi connectivity index (χ0v) is 18.6. The molecule has 0 spiro atoms. The van der Waals surface area contributed by atoms with E-state index >= 15 is 0 Å². The molecule has 1 aromatic heterocycles. The minimum Gasteiger partial charge on any atom is -0.442 e. The van der Waals surface area contributed by atoms with E-state index < -0.39 is 12.2 Å². The molecular formula is C20H21BClN4O5S. The number of halogens is 1. The quantitative estimate of drug-likeness (QED) is 0.447. The molecule has 167 valence electrons. The van der Waals surface area contributed by atoms with Crippen LogP contribution >= 0.6 is 22.9 Å². The summed E-state index contributed by atoms with van der Waals surface area (Å²) in [5, 5.41) is 2.76. The number of hydrogen-bond acceptors (Lipinski definition) is 7. The summed E-state index contributed by atoms with van der Waals surface area (Å²) >= 11 is 7.04. The predicted molar refractivity (Wildman–Crippen MR) is 122 cm³/mol. The molecule has 12 heteroatoms. The summed E-state index contributed by atoms with van der Waals surface area (Å²) < 4.78 is 11.0. The number of carbonyl (C=O) groups is 3. The van der Waals surface area contributed by atoms with Crippen LogP contribution in [0.5, 0.6) is 0 Å². The third kappa shape index (κ3) is 4.91. The van der Waals surface area contributed by atoms with Gasteiger partial charge in [-0.3, -0.25) is 14.5 Å². The normalized spacial score (nSPS) is 20.6. The highest BCUT2D eigenvalue weighted by molar-refractivity contribution is 7.18. The number of nitrogens with two attached hydrogens (primary N) is 1. The van der Waals surface area contributed by atoms with Gasteiger partial charge >= 0.3 is 13.6 Å². The van der Waals surface area contributed by atoms with E-state index in [4.69, 9.17) is 26.7 Å². The van der Waals surface area contributed by atoms with Crippen LogP contribution < -0.4 is 20.9 Å². The highest BCUT2D eigenvalue weighted by Crippen LogP contribution is 2.31. The summed E-state index contributed by atoms with van der Waals surface area (Å²) in [5.41, 5.74) is 6.71. The number of nitrogens with one attached hydrogen (secondary N) is 1. The number of thiophene rings is 1. The van der Waals surface area contributed by atoms with Gasteiger partial charge in [-0.15, -0.1) is 11.3 Å². The second-order valence-corrected chi connectivity index (χ2v) is 9.02. The van der Waals surface area contributed by atoms with Gasteiger partial charge in [0.2, 0.25) is 5.91 Å². The maximum absolute atomic E-state index is 12.5. The standard InChI is InChI=1S/C20H21BClN4O5S/c22-17-6-5-16(32-17)18(27)24-9-14-10-26(20(29)31-14)13-3-1-12(2-4-13)25-8-7-15(19(25)28)21-30-11-23/h1-6,14-15H,7-11,23H2,(H,24,27)/t14-,15+/m0/s1. The third-order valence-corrected chi connectivity index (χ3v) is 6.47. The van der Waals surface area contributed by atoms with Crippen LogP contribution in [0.4, 0.5) is 16.2 Å². The van der Waals surface area contributed by atoms with Crippen LogP contribution in [0.25, 0.3) is 0 Å². The van der Waals surface area contributed by atoms with Crippen molar-refractivity contribution < 1.29 is 23.8 Å². The molecule has 3 N–H and O–H groups in total. The van der Waals surface area contributed by atoms with E-state index in [2.05, 4.69) is 5.32 Å². The van der Waals surface area contributed by atoms with Gasteiger partial charge in [-0.1, -0.05) is 11.6 Å². The lowest BCUT2D eigenvalue weighted by Crippen LogP contribution is -2.34. The van der Waals surface area contributed by atoms with Crippen LogP contribution in [-0.2, 0) is 14.2 Å². The third-order valence-electron chi connectivity index (χ3n) is 5.24. The Morgan fingerprint density at radius 2 is 1.94 bits per heavy atom. The summed E-state index contributed by atoms with van der Waals surface area (Å²) in [4.78, 5) is 40.7. The Labute approximate surface area is 194 Å². The molecule has 3 amide bonds. The van der Waals surface area contributed by atoms with Crippen molar-refractivity contribution in [1.29, 1.82) is 0 Å². The number of nitrogens with zero attached hydrogens (tertiary/aromatic N) is 2. The Bertz CT molecular complexity index is 1000. The van der Waals surface area contributed by atoms with Crippen LogP contribution in [0, 0.1) is 0 Å². The van der Waals surface area contributed by atoms with E-state index in [1.165, 1.54) is 23.7 Å². The van der Waals surface area contributed by atoms with Crippen molar-refractivity contribution in [1.82, 2.24) is 5.32 Å². The Hall–Kier alpha value is -2.60. The molecule has 2 aromatic rings. The molecule has 9 nitrogen and oxygen atoms in total. The number of cyclic esters (lactones) is 1. The maximum atomic E-state index is 12.5. The second-order valence-electron chi connectivity index (χ2n) is 7.30. The number of anilines is 2. The van der Waals surface area contributed by atoms with E-state index in [0.29, 0.717) is 34.4 Å². The second kappa shape index (κ2) is 9.91. The van der Waals surface area contributed by atoms with Gasteiger partial charge < -0.3 is 25.3 Å². The van der Waals surface area contributed by atoms with Crippen LogP contribution in [-0.4, -0.2) is 57.9 Å². The largest absolute Gasteiger partial charge is 0.442 e. The summed E-state index contributed by atoms with van der Waals surface area (Å²) in [7, 11) is 1.49. The van der Waals surface area contributed by atoms with Crippen LogP contribution in [0.2, 0.25) is 10.2 Å². The van der Waals surface area contributed by atoms with Crippen molar-refractivity contribution in [3.63, 3.8) is 0 Å². The zero-order chi connectivity index (χ0) is 22.7. The fourth-order valence-corrected chi connectivity index (χ4v) is 4.60. The monoisotopic (exact) mass is 475 g/mol. The lowest BCUT2D eigenvalue weighted by atomic mass is 9.79. The number of ether oxygens (including phenoxy) is 1. The average molecular weight is 476 g/mol. The molecule has 1 aromatic carbocycles. The zero-order valence-electron chi connectivity index (χ0n) is 17.0. The van der Waals surface area contributed by atoms with Crippen LogP contribution in [0.3, 0.4) is 0 Å². The number of rotatable bonds is 8. The lowest BCUT2D eigenvalue weighted by Gasteiger charge is -2.19. The first-order chi connectivity index (χ1) is 15.5. The molecule has 1 radical (unpaired) electrons. The summed E-state index contributed by atoms with van der Waals surface area (Å²) in [6.07, 6.45) is -0.299. The summed E-state index contributed by atoms with van der Waals surface area (Å²) in [6.45, 7) is 1.12. The van der Waals surface area contributed by atoms with Crippen molar-refractivity contribution in [2.24, 2.45) is 5.73 Å². The highest BCUT2D eigenvalue weighted by atomic mass is 35.5. The number of hydrogen-bond donors (Lipinski definition) is 2. The Kier molecular flexibility index (Phi) is 6.99.